The second kappa shape index (κ2) is 27.2. The number of hydrogen-bond acceptors (Lipinski definition) is 15. The predicted molar refractivity (Wildman–Crippen MR) is 222 cm³/mol. The van der Waals surface area contributed by atoms with Gasteiger partial charge < -0.3 is 30.5 Å². The first-order chi connectivity index (χ1) is 30.0. The van der Waals surface area contributed by atoms with E-state index in [4.69, 9.17) is 4.74 Å². The molecule has 0 aromatic heterocycles. The second-order valence-corrected chi connectivity index (χ2v) is 15.5. The van der Waals surface area contributed by atoms with E-state index in [2.05, 4.69) is 5.32 Å². The molecule has 1 saturated heterocycles. The van der Waals surface area contributed by atoms with Crippen molar-refractivity contribution in [3.05, 3.63) is 42.0 Å². The van der Waals surface area contributed by atoms with Crippen molar-refractivity contribution in [2.75, 3.05) is 98.2 Å². The van der Waals surface area contributed by atoms with Crippen molar-refractivity contribution in [1.82, 2.24) is 29.8 Å². The van der Waals surface area contributed by atoms with Crippen LogP contribution in [0.3, 0.4) is 0 Å². The number of benzene rings is 1. The lowest BCUT2D eigenvalue weighted by Crippen LogP contribution is -2.49. The van der Waals surface area contributed by atoms with Crippen LogP contribution in [-0.4, -0.2) is 202 Å². The Hall–Kier alpha value is -5.90. The van der Waals surface area contributed by atoms with E-state index in [-0.39, 0.29) is 129 Å². The maximum absolute atomic E-state index is 13.0. The average Bonchev–Trinajstić information content (AvgIpc) is 3.54. The van der Waals surface area contributed by atoms with Crippen molar-refractivity contribution in [2.45, 2.75) is 51.4 Å². The van der Waals surface area contributed by atoms with Gasteiger partial charge in [0.15, 0.2) is 11.6 Å². The number of carboxylic acid groups (broad SMARTS) is 4. The standard InChI is InChI=1S/C42H58N6O15/c49-32(25-44-14-16-45(26-39(55)56)18-20-47(28-41(59)60)21-19-46(17-15-44)27-40(57)58)4-1-2-6-36(52)43-24-34(51)23-31(42(61)62)22-30-7-9-35(10-8-30)63-29-33(50)5-3-13-48-37(53)11-12-38(48)54/h7-12,31H,1-6,13-29H2,(H,43,52)(H,55,56)(H,57,58)(H,59,60)(H,61,62)/t31-/m1/s1. The number of rotatable bonds is 27. The lowest BCUT2D eigenvalue weighted by molar-refractivity contribution is -0.143. The zero-order chi connectivity index (χ0) is 46.3. The lowest BCUT2D eigenvalue weighted by Gasteiger charge is -2.32. The first-order valence-electron chi connectivity index (χ1n) is 20.8. The van der Waals surface area contributed by atoms with Gasteiger partial charge in [0.05, 0.1) is 38.6 Å². The summed E-state index contributed by atoms with van der Waals surface area (Å²) < 4.78 is 5.51. The number of nitrogens with one attached hydrogen (secondary N) is 1. The molecule has 5 N–H and O–H groups in total. The highest BCUT2D eigenvalue weighted by molar-refractivity contribution is 6.12. The van der Waals surface area contributed by atoms with Gasteiger partial charge in [0.25, 0.3) is 11.8 Å². The number of carbonyl (C=O) groups excluding carboxylic acids is 6. The van der Waals surface area contributed by atoms with E-state index in [1.165, 1.54) is 12.2 Å². The number of carboxylic acids is 4. The molecule has 346 valence electrons. The minimum atomic E-state index is -1.19. The quantitative estimate of drug-likeness (QED) is 0.0537. The van der Waals surface area contributed by atoms with Crippen molar-refractivity contribution >= 4 is 58.9 Å². The van der Waals surface area contributed by atoms with Crippen molar-refractivity contribution in [1.29, 1.82) is 0 Å². The summed E-state index contributed by atoms with van der Waals surface area (Å²) in [6.07, 6.45) is 3.32. The maximum atomic E-state index is 13.0. The van der Waals surface area contributed by atoms with Gasteiger partial charge in [0.2, 0.25) is 5.91 Å². The Morgan fingerprint density at radius 3 is 1.52 bits per heavy atom. The number of unbranched alkanes of at least 4 members (excludes halogenated alkanes) is 1. The molecule has 21 heteroatoms. The van der Waals surface area contributed by atoms with Crippen molar-refractivity contribution in [3.8, 4) is 5.75 Å². The third-order valence-corrected chi connectivity index (χ3v) is 10.4. The van der Waals surface area contributed by atoms with Gasteiger partial charge in [0.1, 0.15) is 18.1 Å². The summed E-state index contributed by atoms with van der Waals surface area (Å²) in [5.74, 6) is -7.16. The molecule has 3 amide bonds. The molecule has 0 unspecified atom stereocenters. The van der Waals surface area contributed by atoms with Gasteiger partial charge in [-0.2, -0.15) is 0 Å². The molecule has 0 aliphatic carbocycles. The monoisotopic (exact) mass is 886 g/mol. The number of hydrogen-bond donors (Lipinski definition) is 5. The van der Waals surface area contributed by atoms with Crippen LogP contribution in [0.1, 0.15) is 50.5 Å². The Morgan fingerprint density at radius 2 is 1.05 bits per heavy atom. The Morgan fingerprint density at radius 1 is 0.587 bits per heavy atom. The molecule has 3 rings (SSSR count). The average molecular weight is 887 g/mol. The molecule has 0 bridgehead atoms. The zero-order valence-electron chi connectivity index (χ0n) is 35.3. The van der Waals surface area contributed by atoms with E-state index in [0.717, 1.165) is 4.90 Å². The van der Waals surface area contributed by atoms with Crippen molar-refractivity contribution < 1.29 is 73.1 Å². The number of nitrogens with zero attached hydrogens (tertiary/aromatic N) is 5. The highest BCUT2D eigenvalue weighted by Crippen LogP contribution is 2.18. The largest absolute Gasteiger partial charge is 0.486 e. The maximum Gasteiger partial charge on any atom is 0.317 e. The fraction of sp³-hybridized carbons (Fsp3) is 0.571. The summed E-state index contributed by atoms with van der Waals surface area (Å²) in [4.78, 5) is 128. The van der Waals surface area contributed by atoms with Gasteiger partial charge in [0, 0.05) is 96.7 Å². The summed E-state index contributed by atoms with van der Waals surface area (Å²) in [5, 5.41) is 40.4. The van der Waals surface area contributed by atoms with E-state index < -0.39 is 53.3 Å². The van der Waals surface area contributed by atoms with Crippen LogP contribution >= 0.6 is 0 Å². The van der Waals surface area contributed by atoms with E-state index in [9.17, 15) is 68.4 Å². The highest BCUT2D eigenvalue weighted by Gasteiger charge is 2.25. The summed E-state index contributed by atoms with van der Waals surface area (Å²) in [6, 6.07) is 6.38. The van der Waals surface area contributed by atoms with Crippen LogP contribution in [0.25, 0.3) is 0 Å². The van der Waals surface area contributed by atoms with Gasteiger partial charge in [-0.25, -0.2) is 0 Å². The minimum Gasteiger partial charge on any atom is -0.486 e. The summed E-state index contributed by atoms with van der Waals surface area (Å²) >= 11 is 0. The van der Waals surface area contributed by atoms with Gasteiger partial charge in [-0.1, -0.05) is 12.1 Å². The van der Waals surface area contributed by atoms with Crippen LogP contribution in [0.4, 0.5) is 0 Å². The van der Waals surface area contributed by atoms with E-state index in [1.807, 2.05) is 4.90 Å². The zero-order valence-corrected chi connectivity index (χ0v) is 35.3. The third kappa shape index (κ3) is 21.2. The lowest BCUT2D eigenvalue weighted by atomic mass is 9.94. The summed E-state index contributed by atoms with van der Waals surface area (Å²) in [5.41, 5.74) is 0.607. The molecular formula is C42H58N6O15. The molecule has 2 aliphatic heterocycles. The fourth-order valence-electron chi connectivity index (χ4n) is 6.93. The number of aliphatic carboxylic acids is 4. The molecule has 1 fully saturated rings. The molecule has 1 aromatic rings. The number of ketones is 3. The first kappa shape index (κ1) is 51.5. The SMILES string of the molecule is O=C(O)CN1CCN(CC(=O)O)CCN(CC(=O)CCCCC(=O)NCC(=O)C[C@@H](Cc2ccc(OCC(=O)CCCN3C(=O)C=CC3=O)cc2)C(=O)O)CCN(CC(=O)O)CC1. The molecule has 63 heavy (non-hydrogen) atoms. The van der Waals surface area contributed by atoms with Gasteiger partial charge in [-0.3, -0.25) is 72.4 Å². The first-order valence-corrected chi connectivity index (χ1v) is 20.8. The topological polar surface area (TPSA) is 289 Å². The van der Waals surface area contributed by atoms with Crippen LogP contribution in [0.2, 0.25) is 0 Å². The normalized spacial score (nSPS) is 16.5. The molecule has 2 aliphatic rings. The van der Waals surface area contributed by atoms with Gasteiger partial charge in [-0.05, 0) is 43.4 Å². The Bertz CT molecular complexity index is 1770. The fourth-order valence-corrected chi connectivity index (χ4v) is 6.93. The van der Waals surface area contributed by atoms with E-state index in [1.54, 1.807) is 39.0 Å². The van der Waals surface area contributed by atoms with Crippen LogP contribution in [0, 0.1) is 5.92 Å². The Balaban J connectivity index is 1.37. The van der Waals surface area contributed by atoms with Crippen LogP contribution in [0.5, 0.6) is 5.75 Å². The van der Waals surface area contributed by atoms with E-state index in [0.29, 0.717) is 43.7 Å². The van der Waals surface area contributed by atoms with E-state index >= 15 is 0 Å². The molecule has 1 atom stereocenters. The summed E-state index contributed by atoms with van der Waals surface area (Å²) in [6.45, 7) is 0.883. The second-order valence-electron chi connectivity index (χ2n) is 15.5. The van der Waals surface area contributed by atoms with Crippen LogP contribution in [0.15, 0.2) is 36.4 Å². The smallest absolute Gasteiger partial charge is 0.317 e. The van der Waals surface area contributed by atoms with Crippen LogP contribution < -0.4 is 10.1 Å². The predicted octanol–water partition coefficient (Wildman–Crippen LogP) is -0.737. The van der Waals surface area contributed by atoms with Gasteiger partial charge >= 0.3 is 23.9 Å². The molecular weight excluding hydrogens is 828 g/mol. The summed E-state index contributed by atoms with van der Waals surface area (Å²) in [7, 11) is 0. The third-order valence-electron chi connectivity index (χ3n) is 10.4. The molecule has 0 spiro atoms. The van der Waals surface area contributed by atoms with Gasteiger partial charge in [-0.15, -0.1) is 0 Å². The number of Topliss-reactive ketones (excluding diaryl/α,β-unsaturated/α-hetero) is 3. The number of carbonyl (C=O) groups is 10. The highest BCUT2D eigenvalue weighted by atomic mass is 16.5. The Labute approximate surface area is 364 Å². The molecule has 0 radical (unpaired) electrons. The minimum absolute atomic E-state index is 0.0199. The molecule has 0 saturated carbocycles. The molecule has 1 aromatic carbocycles. The number of ether oxygens (including phenoxy) is 1. The molecule has 2 heterocycles. The van der Waals surface area contributed by atoms with Crippen molar-refractivity contribution in [2.24, 2.45) is 5.92 Å². The molecule has 21 nitrogen and oxygen atoms in total. The number of amides is 3. The Kier molecular flexibility index (Phi) is 22.2. The van der Waals surface area contributed by atoms with Crippen LogP contribution in [-0.2, 0) is 54.4 Å². The van der Waals surface area contributed by atoms with Crippen molar-refractivity contribution in [3.63, 3.8) is 0 Å². The number of imide groups is 1.